The topological polar surface area (TPSA) is 63.7 Å². The van der Waals surface area contributed by atoms with E-state index in [2.05, 4.69) is 22.1 Å². The van der Waals surface area contributed by atoms with Crippen LogP contribution in [0.2, 0.25) is 0 Å². The lowest BCUT2D eigenvalue weighted by Crippen LogP contribution is -2.45. The third kappa shape index (κ3) is 3.16. The van der Waals surface area contributed by atoms with Gasteiger partial charge in [0.05, 0.1) is 19.8 Å². The molecule has 0 spiro atoms. The minimum atomic E-state index is -0.0745. The van der Waals surface area contributed by atoms with Crippen LogP contribution in [0.25, 0.3) is 0 Å². The maximum absolute atomic E-state index is 12.3. The summed E-state index contributed by atoms with van der Waals surface area (Å²) in [5.41, 5.74) is 0.580. The number of amides is 1. The highest BCUT2D eigenvalue weighted by atomic mass is 16.5. The summed E-state index contributed by atoms with van der Waals surface area (Å²) in [5, 5.41) is 3.10. The lowest BCUT2D eigenvalue weighted by molar-refractivity contribution is -0.0390. The van der Waals surface area contributed by atoms with Crippen molar-refractivity contribution in [3.05, 3.63) is 23.9 Å². The molecule has 1 aromatic rings. The quantitative estimate of drug-likeness (QED) is 0.887. The summed E-state index contributed by atoms with van der Waals surface area (Å²) in [6.07, 6.45) is 2.81. The van der Waals surface area contributed by atoms with Gasteiger partial charge in [0, 0.05) is 43.0 Å². The summed E-state index contributed by atoms with van der Waals surface area (Å²) in [4.78, 5) is 18.7. The van der Waals surface area contributed by atoms with Crippen molar-refractivity contribution in [2.45, 2.75) is 31.5 Å². The van der Waals surface area contributed by atoms with Gasteiger partial charge >= 0.3 is 0 Å². The Balaban J connectivity index is 1.60. The zero-order valence-corrected chi connectivity index (χ0v) is 12.4. The predicted molar refractivity (Wildman–Crippen MR) is 77.4 cm³/mol. The standard InChI is InChI=1S/C15H21N3O3/c1-10-7-18-8-12(6-13(18)9-21-10)17-15(19)11-3-4-16-14(5-11)20-2/h3-5,10,12-13H,6-9H2,1-2H3,(H,17,19)/t10-,12+,13-/m0/s1. The molecule has 1 N–H and O–H groups in total. The van der Waals surface area contributed by atoms with Crippen molar-refractivity contribution in [3.63, 3.8) is 0 Å². The second kappa shape index (κ2) is 5.99. The van der Waals surface area contributed by atoms with Gasteiger partial charge < -0.3 is 14.8 Å². The van der Waals surface area contributed by atoms with E-state index in [1.807, 2.05) is 0 Å². The molecular weight excluding hydrogens is 270 g/mol. The molecule has 0 bridgehead atoms. The van der Waals surface area contributed by atoms with E-state index < -0.39 is 0 Å². The molecule has 0 radical (unpaired) electrons. The average Bonchev–Trinajstić information content (AvgIpc) is 2.88. The number of nitrogens with zero attached hydrogens (tertiary/aromatic N) is 2. The van der Waals surface area contributed by atoms with Gasteiger partial charge in [-0.05, 0) is 19.4 Å². The van der Waals surface area contributed by atoms with Crippen molar-refractivity contribution in [2.24, 2.45) is 0 Å². The number of carbonyl (C=O) groups excluding carboxylic acids is 1. The lowest BCUT2D eigenvalue weighted by Gasteiger charge is -2.33. The summed E-state index contributed by atoms with van der Waals surface area (Å²) in [7, 11) is 1.54. The fourth-order valence-electron chi connectivity index (χ4n) is 3.08. The van der Waals surface area contributed by atoms with Crippen LogP contribution >= 0.6 is 0 Å². The SMILES string of the molecule is COc1cc(C(=O)N[C@@H]2C[C@H]3CO[C@@H](C)CN3C2)ccn1. The molecule has 1 amide bonds. The highest BCUT2D eigenvalue weighted by Gasteiger charge is 2.36. The molecule has 21 heavy (non-hydrogen) atoms. The summed E-state index contributed by atoms with van der Waals surface area (Å²) in [6.45, 7) is 4.69. The molecule has 1 aromatic heterocycles. The van der Waals surface area contributed by atoms with Crippen LogP contribution in [0.1, 0.15) is 23.7 Å². The Morgan fingerprint density at radius 1 is 1.52 bits per heavy atom. The van der Waals surface area contributed by atoms with Crippen LogP contribution in [-0.4, -0.2) is 60.8 Å². The molecule has 3 atom stereocenters. The molecule has 3 heterocycles. The second-order valence-electron chi connectivity index (χ2n) is 5.74. The van der Waals surface area contributed by atoms with Crippen LogP contribution in [0.4, 0.5) is 0 Å². The van der Waals surface area contributed by atoms with Crippen LogP contribution in [0, 0.1) is 0 Å². The zero-order chi connectivity index (χ0) is 14.8. The van der Waals surface area contributed by atoms with E-state index >= 15 is 0 Å². The largest absolute Gasteiger partial charge is 0.481 e. The smallest absolute Gasteiger partial charge is 0.251 e. The van der Waals surface area contributed by atoms with Crippen LogP contribution in [-0.2, 0) is 4.74 Å². The highest BCUT2D eigenvalue weighted by molar-refractivity contribution is 5.94. The van der Waals surface area contributed by atoms with Gasteiger partial charge in [-0.15, -0.1) is 0 Å². The summed E-state index contributed by atoms with van der Waals surface area (Å²) >= 11 is 0. The van der Waals surface area contributed by atoms with Gasteiger partial charge in [0.1, 0.15) is 0 Å². The lowest BCUT2D eigenvalue weighted by atomic mass is 10.1. The van der Waals surface area contributed by atoms with Gasteiger partial charge in [0.2, 0.25) is 5.88 Å². The predicted octanol–water partition coefficient (Wildman–Crippen LogP) is 0.682. The van der Waals surface area contributed by atoms with Crippen molar-refractivity contribution in [3.8, 4) is 5.88 Å². The van der Waals surface area contributed by atoms with Gasteiger partial charge in [-0.3, -0.25) is 9.69 Å². The number of hydrogen-bond donors (Lipinski definition) is 1. The second-order valence-corrected chi connectivity index (χ2v) is 5.74. The Labute approximate surface area is 124 Å². The zero-order valence-electron chi connectivity index (χ0n) is 12.4. The molecule has 6 nitrogen and oxygen atoms in total. The molecule has 0 aromatic carbocycles. The summed E-state index contributed by atoms with van der Waals surface area (Å²) in [5.74, 6) is 0.378. The van der Waals surface area contributed by atoms with Crippen molar-refractivity contribution < 1.29 is 14.3 Å². The number of rotatable bonds is 3. The van der Waals surface area contributed by atoms with Crippen LogP contribution < -0.4 is 10.1 Å². The van der Waals surface area contributed by atoms with E-state index in [9.17, 15) is 4.79 Å². The van der Waals surface area contributed by atoms with E-state index in [-0.39, 0.29) is 18.1 Å². The first-order chi connectivity index (χ1) is 10.2. The normalized spacial score (nSPS) is 29.0. The summed E-state index contributed by atoms with van der Waals surface area (Å²) in [6, 6.07) is 3.96. The number of morpholine rings is 1. The number of methoxy groups -OCH3 is 1. The fraction of sp³-hybridized carbons (Fsp3) is 0.600. The number of pyridine rings is 1. The number of hydrogen-bond acceptors (Lipinski definition) is 5. The number of fused-ring (bicyclic) bond motifs is 1. The fourth-order valence-corrected chi connectivity index (χ4v) is 3.08. The third-order valence-electron chi connectivity index (χ3n) is 4.13. The van der Waals surface area contributed by atoms with Crippen LogP contribution in [0.3, 0.4) is 0 Å². The molecule has 0 unspecified atom stereocenters. The van der Waals surface area contributed by atoms with Crippen molar-refractivity contribution in [2.75, 3.05) is 26.8 Å². The number of ether oxygens (including phenoxy) is 2. The molecule has 0 aliphatic carbocycles. The van der Waals surface area contributed by atoms with Gasteiger partial charge in [-0.1, -0.05) is 0 Å². The van der Waals surface area contributed by atoms with Gasteiger partial charge in [-0.2, -0.15) is 0 Å². The monoisotopic (exact) mass is 291 g/mol. The van der Waals surface area contributed by atoms with E-state index in [4.69, 9.17) is 9.47 Å². The Hall–Kier alpha value is -1.66. The Kier molecular flexibility index (Phi) is 4.07. The maximum Gasteiger partial charge on any atom is 0.251 e. The molecule has 0 saturated carbocycles. The Morgan fingerprint density at radius 3 is 3.19 bits per heavy atom. The Bertz CT molecular complexity index is 523. The maximum atomic E-state index is 12.3. The molecule has 114 valence electrons. The molecule has 6 heteroatoms. The van der Waals surface area contributed by atoms with Crippen molar-refractivity contribution in [1.82, 2.24) is 15.2 Å². The molecule has 2 aliphatic rings. The van der Waals surface area contributed by atoms with Gasteiger partial charge in [0.25, 0.3) is 5.91 Å². The van der Waals surface area contributed by atoms with Gasteiger partial charge in [0.15, 0.2) is 0 Å². The number of nitrogens with one attached hydrogen (secondary N) is 1. The molecular formula is C15H21N3O3. The average molecular weight is 291 g/mol. The van der Waals surface area contributed by atoms with Crippen molar-refractivity contribution in [1.29, 1.82) is 0 Å². The molecule has 2 aliphatic heterocycles. The molecule has 2 fully saturated rings. The van der Waals surface area contributed by atoms with Crippen molar-refractivity contribution >= 4 is 5.91 Å². The van der Waals surface area contributed by atoms with E-state index in [1.54, 1.807) is 25.4 Å². The first kappa shape index (κ1) is 14.3. The number of aromatic nitrogens is 1. The van der Waals surface area contributed by atoms with Crippen LogP contribution in [0.15, 0.2) is 18.3 Å². The first-order valence-corrected chi connectivity index (χ1v) is 7.32. The van der Waals surface area contributed by atoms with Gasteiger partial charge in [-0.25, -0.2) is 4.98 Å². The molecule has 3 rings (SSSR count). The third-order valence-corrected chi connectivity index (χ3v) is 4.13. The number of carbonyl (C=O) groups is 1. The van der Waals surface area contributed by atoms with E-state index in [0.717, 1.165) is 26.1 Å². The minimum absolute atomic E-state index is 0.0745. The Morgan fingerprint density at radius 2 is 2.38 bits per heavy atom. The van der Waals surface area contributed by atoms with E-state index in [0.29, 0.717) is 17.5 Å². The van der Waals surface area contributed by atoms with E-state index in [1.165, 1.54) is 0 Å². The highest BCUT2D eigenvalue weighted by Crippen LogP contribution is 2.23. The summed E-state index contributed by atoms with van der Waals surface area (Å²) < 4.78 is 10.7. The van der Waals surface area contributed by atoms with Crippen LogP contribution in [0.5, 0.6) is 5.88 Å². The molecule has 2 saturated heterocycles. The first-order valence-electron chi connectivity index (χ1n) is 7.32. The minimum Gasteiger partial charge on any atom is -0.481 e.